The summed E-state index contributed by atoms with van der Waals surface area (Å²) in [4.78, 5) is 10.5. The SMILES string of the molecule is CNc1cc(C)c(S(=O)(=O)N(C)C2CCC2)cc1[N+](=O)[O-]. The van der Waals surface area contributed by atoms with Gasteiger partial charge in [-0.2, -0.15) is 4.31 Å². The number of aryl methyl sites for hydroxylation is 1. The zero-order valence-electron chi connectivity index (χ0n) is 12.3. The first-order valence-electron chi connectivity index (χ1n) is 6.74. The summed E-state index contributed by atoms with van der Waals surface area (Å²) in [5, 5.41) is 13.8. The van der Waals surface area contributed by atoms with Crippen LogP contribution in [0.25, 0.3) is 0 Å². The Kier molecular flexibility index (Phi) is 4.20. The standard InChI is InChI=1S/C13H19N3O4S/c1-9-7-11(14-2)12(16(17)18)8-13(9)21(19,20)15(3)10-5-4-6-10/h7-8,10,14H,4-6H2,1-3H3. The lowest BCUT2D eigenvalue weighted by atomic mass is 9.94. The maximum Gasteiger partial charge on any atom is 0.293 e. The molecule has 1 saturated carbocycles. The summed E-state index contributed by atoms with van der Waals surface area (Å²) in [7, 11) is -0.606. The fraction of sp³-hybridized carbons (Fsp3) is 0.538. The molecule has 2 rings (SSSR count). The van der Waals surface area contributed by atoms with E-state index in [4.69, 9.17) is 0 Å². The molecule has 0 heterocycles. The smallest absolute Gasteiger partial charge is 0.293 e. The Bertz CT molecular complexity index is 668. The summed E-state index contributed by atoms with van der Waals surface area (Å²) in [5.74, 6) is 0. The van der Waals surface area contributed by atoms with Gasteiger partial charge in [-0.15, -0.1) is 0 Å². The Labute approximate surface area is 124 Å². The number of nitro benzene ring substituents is 1. The third-order valence-electron chi connectivity index (χ3n) is 4.01. The minimum Gasteiger partial charge on any atom is -0.383 e. The summed E-state index contributed by atoms with van der Waals surface area (Å²) < 4.78 is 26.6. The number of rotatable bonds is 5. The van der Waals surface area contributed by atoms with Crippen molar-refractivity contribution in [3.63, 3.8) is 0 Å². The summed E-state index contributed by atoms with van der Waals surface area (Å²) >= 11 is 0. The van der Waals surface area contributed by atoms with E-state index in [2.05, 4.69) is 5.32 Å². The minimum atomic E-state index is -3.71. The highest BCUT2D eigenvalue weighted by molar-refractivity contribution is 7.89. The molecule has 0 bridgehead atoms. The van der Waals surface area contributed by atoms with Crippen LogP contribution in [0.3, 0.4) is 0 Å². The van der Waals surface area contributed by atoms with Crippen LogP contribution in [0.1, 0.15) is 24.8 Å². The van der Waals surface area contributed by atoms with Gasteiger partial charge in [-0.1, -0.05) is 6.42 Å². The summed E-state index contributed by atoms with van der Waals surface area (Å²) in [6.45, 7) is 1.64. The Balaban J connectivity index is 2.52. The molecule has 7 nitrogen and oxygen atoms in total. The van der Waals surface area contributed by atoms with E-state index in [0.717, 1.165) is 25.3 Å². The molecular weight excluding hydrogens is 294 g/mol. The molecule has 116 valence electrons. The fourth-order valence-corrected chi connectivity index (χ4v) is 4.05. The van der Waals surface area contributed by atoms with Gasteiger partial charge in [0.1, 0.15) is 5.69 Å². The average Bonchev–Trinajstić information content (AvgIpc) is 2.35. The van der Waals surface area contributed by atoms with Crippen LogP contribution in [0.2, 0.25) is 0 Å². The van der Waals surface area contributed by atoms with Gasteiger partial charge in [-0.05, 0) is 31.4 Å². The van der Waals surface area contributed by atoms with Crippen LogP contribution < -0.4 is 5.32 Å². The van der Waals surface area contributed by atoms with Crippen molar-refractivity contribution in [2.75, 3.05) is 19.4 Å². The Morgan fingerprint density at radius 1 is 1.38 bits per heavy atom. The van der Waals surface area contributed by atoms with E-state index in [1.54, 1.807) is 14.0 Å². The first kappa shape index (κ1) is 15.7. The van der Waals surface area contributed by atoms with Crippen molar-refractivity contribution < 1.29 is 13.3 Å². The van der Waals surface area contributed by atoms with Gasteiger partial charge in [0.15, 0.2) is 0 Å². The maximum atomic E-state index is 12.6. The van der Waals surface area contributed by atoms with Crippen LogP contribution >= 0.6 is 0 Å². The molecule has 1 aliphatic rings. The second-order valence-electron chi connectivity index (χ2n) is 5.25. The van der Waals surface area contributed by atoms with Gasteiger partial charge in [0.25, 0.3) is 5.69 Å². The molecule has 1 aliphatic carbocycles. The van der Waals surface area contributed by atoms with Gasteiger partial charge in [0.05, 0.1) is 9.82 Å². The van der Waals surface area contributed by atoms with E-state index in [1.807, 2.05) is 0 Å². The van der Waals surface area contributed by atoms with Crippen molar-refractivity contribution in [2.24, 2.45) is 0 Å². The molecule has 1 N–H and O–H groups in total. The zero-order valence-corrected chi connectivity index (χ0v) is 13.1. The van der Waals surface area contributed by atoms with Crippen LogP contribution in [-0.2, 0) is 10.0 Å². The van der Waals surface area contributed by atoms with Crippen LogP contribution in [0, 0.1) is 17.0 Å². The fourth-order valence-electron chi connectivity index (χ4n) is 2.41. The van der Waals surface area contributed by atoms with Crippen molar-refractivity contribution in [1.82, 2.24) is 4.31 Å². The lowest BCUT2D eigenvalue weighted by Crippen LogP contribution is -2.41. The van der Waals surface area contributed by atoms with E-state index in [1.165, 1.54) is 17.4 Å². The van der Waals surface area contributed by atoms with Crippen molar-refractivity contribution in [2.45, 2.75) is 37.1 Å². The summed E-state index contributed by atoms with van der Waals surface area (Å²) in [6, 6.07) is 2.64. The number of hydrogen-bond acceptors (Lipinski definition) is 5. The lowest BCUT2D eigenvalue weighted by Gasteiger charge is -2.34. The molecule has 21 heavy (non-hydrogen) atoms. The molecule has 0 spiro atoms. The lowest BCUT2D eigenvalue weighted by molar-refractivity contribution is -0.384. The topological polar surface area (TPSA) is 92.6 Å². The molecule has 0 radical (unpaired) electrons. The third kappa shape index (κ3) is 2.73. The maximum absolute atomic E-state index is 12.6. The van der Waals surface area contributed by atoms with Gasteiger partial charge in [-0.25, -0.2) is 8.42 Å². The Hall–Kier alpha value is -1.67. The van der Waals surface area contributed by atoms with E-state index >= 15 is 0 Å². The molecule has 8 heteroatoms. The van der Waals surface area contributed by atoms with Crippen LogP contribution in [0.5, 0.6) is 0 Å². The molecular formula is C13H19N3O4S. The molecule has 0 saturated heterocycles. The molecule has 1 aromatic carbocycles. The minimum absolute atomic E-state index is 0.00238. The molecule has 0 amide bonds. The number of nitrogens with one attached hydrogen (secondary N) is 1. The number of sulfonamides is 1. The first-order chi connectivity index (χ1) is 9.78. The molecule has 1 fully saturated rings. The van der Waals surface area contributed by atoms with Gasteiger partial charge in [0.2, 0.25) is 10.0 Å². The normalized spacial score (nSPS) is 15.8. The van der Waals surface area contributed by atoms with Crippen molar-refractivity contribution >= 4 is 21.4 Å². The monoisotopic (exact) mass is 313 g/mol. The number of anilines is 1. The van der Waals surface area contributed by atoms with E-state index in [-0.39, 0.29) is 16.6 Å². The molecule has 0 aliphatic heterocycles. The predicted molar refractivity (Wildman–Crippen MR) is 80.0 cm³/mol. The molecule has 0 atom stereocenters. The van der Waals surface area contributed by atoms with Crippen molar-refractivity contribution in [1.29, 1.82) is 0 Å². The highest BCUT2D eigenvalue weighted by Gasteiger charge is 2.34. The quantitative estimate of drug-likeness (QED) is 0.664. The third-order valence-corrected chi connectivity index (χ3v) is 6.06. The summed E-state index contributed by atoms with van der Waals surface area (Å²) in [5.41, 5.74) is 0.572. The second-order valence-corrected chi connectivity index (χ2v) is 7.21. The molecule has 0 aromatic heterocycles. The van der Waals surface area contributed by atoms with Gasteiger partial charge < -0.3 is 5.32 Å². The largest absolute Gasteiger partial charge is 0.383 e. The number of hydrogen-bond donors (Lipinski definition) is 1. The second kappa shape index (κ2) is 5.61. The molecule has 0 unspecified atom stereocenters. The molecule has 1 aromatic rings. The van der Waals surface area contributed by atoms with Crippen LogP contribution in [0.15, 0.2) is 17.0 Å². The van der Waals surface area contributed by atoms with Gasteiger partial charge in [-0.3, -0.25) is 10.1 Å². The Morgan fingerprint density at radius 2 is 2.00 bits per heavy atom. The van der Waals surface area contributed by atoms with Crippen molar-refractivity contribution in [3.8, 4) is 0 Å². The summed E-state index contributed by atoms with van der Waals surface area (Å²) in [6.07, 6.45) is 2.69. The highest BCUT2D eigenvalue weighted by atomic mass is 32.2. The number of nitrogens with zero attached hydrogens (tertiary/aromatic N) is 2. The predicted octanol–water partition coefficient (Wildman–Crippen LogP) is 2.12. The first-order valence-corrected chi connectivity index (χ1v) is 8.18. The van der Waals surface area contributed by atoms with E-state index in [0.29, 0.717) is 11.3 Å². The zero-order chi connectivity index (χ0) is 15.8. The van der Waals surface area contributed by atoms with E-state index in [9.17, 15) is 18.5 Å². The van der Waals surface area contributed by atoms with Gasteiger partial charge >= 0.3 is 0 Å². The van der Waals surface area contributed by atoms with E-state index < -0.39 is 14.9 Å². The van der Waals surface area contributed by atoms with Crippen molar-refractivity contribution in [3.05, 3.63) is 27.8 Å². The number of nitro groups is 1. The van der Waals surface area contributed by atoms with Crippen LogP contribution in [0.4, 0.5) is 11.4 Å². The van der Waals surface area contributed by atoms with Crippen LogP contribution in [-0.4, -0.2) is 37.8 Å². The highest BCUT2D eigenvalue weighted by Crippen LogP contribution is 2.34. The van der Waals surface area contributed by atoms with Gasteiger partial charge in [0, 0.05) is 26.2 Å². The average molecular weight is 313 g/mol. The Morgan fingerprint density at radius 3 is 2.43 bits per heavy atom. The number of benzene rings is 1.